The van der Waals surface area contributed by atoms with Crippen molar-refractivity contribution in [3.05, 3.63) is 36.2 Å². The summed E-state index contributed by atoms with van der Waals surface area (Å²) in [6, 6.07) is 5.56. The third-order valence-corrected chi connectivity index (χ3v) is 2.71. The molecule has 130 valence electrons. The van der Waals surface area contributed by atoms with Crippen molar-refractivity contribution in [1.29, 1.82) is 5.41 Å². The number of hydrogen-bond acceptors (Lipinski definition) is 5. The first-order chi connectivity index (χ1) is 11.5. The van der Waals surface area contributed by atoms with Gasteiger partial charge in [0.15, 0.2) is 5.96 Å². The van der Waals surface area contributed by atoms with Crippen molar-refractivity contribution in [1.82, 2.24) is 15.3 Å². The van der Waals surface area contributed by atoms with E-state index in [4.69, 9.17) is 24.8 Å². The molecule has 24 heavy (non-hydrogen) atoms. The number of anilines is 1. The minimum Gasteiger partial charge on any atom is -0.496 e. The van der Waals surface area contributed by atoms with Gasteiger partial charge in [-0.1, -0.05) is 6.07 Å². The average Bonchev–Trinajstić information content (AvgIpc) is 3.04. The van der Waals surface area contributed by atoms with Gasteiger partial charge in [0.2, 0.25) is 5.95 Å². The topological polar surface area (TPSA) is 132 Å². The van der Waals surface area contributed by atoms with E-state index in [2.05, 4.69) is 20.6 Å². The molecule has 0 atom stereocenters. The average molecular weight is 335 g/mol. The highest BCUT2D eigenvalue weighted by atomic mass is 16.5. The summed E-state index contributed by atoms with van der Waals surface area (Å²) in [6.07, 6.45) is 3.29. The van der Waals surface area contributed by atoms with Gasteiger partial charge in [-0.15, -0.1) is 0 Å². The minimum absolute atomic E-state index is 0.132. The molecule has 0 spiro atoms. The molecule has 2 aromatic rings. The highest BCUT2D eigenvalue weighted by Crippen LogP contribution is 2.27. The van der Waals surface area contributed by atoms with Crippen LogP contribution in [0.1, 0.15) is 12.5 Å². The number of H-pyrrole nitrogens is 1. The SMILES string of the molecule is CC(=O)O.COc1cccc(OC)c1CNC(=N)Nc1ncc[nH]1. The maximum absolute atomic E-state index is 9.00. The first-order valence-corrected chi connectivity index (χ1v) is 6.96. The Hall–Kier alpha value is -3.23. The summed E-state index contributed by atoms with van der Waals surface area (Å²) in [4.78, 5) is 15.8. The quantitative estimate of drug-likeness (QED) is 0.414. The Morgan fingerprint density at radius 2 is 1.92 bits per heavy atom. The molecule has 1 aromatic heterocycles. The Balaban J connectivity index is 0.000000648. The lowest BCUT2D eigenvalue weighted by molar-refractivity contribution is -0.134. The summed E-state index contributed by atoms with van der Waals surface area (Å²) in [6.45, 7) is 1.49. The van der Waals surface area contributed by atoms with Crippen molar-refractivity contribution in [2.75, 3.05) is 19.5 Å². The zero-order valence-corrected chi connectivity index (χ0v) is 13.7. The van der Waals surface area contributed by atoms with Gasteiger partial charge in [0, 0.05) is 19.3 Å². The van der Waals surface area contributed by atoms with E-state index in [-0.39, 0.29) is 5.96 Å². The van der Waals surface area contributed by atoms with Crippen LogP contribution in [-0.2, 0) is 11.3 Å². The van der Waals surface area contributed by atoms with Crippen LogP contribution < -0.4 is 20.1 Å². The number of benzene rings is 1. The second-order valence-electron chi connectivity index (χ2n) is 4.45. The molecule has 1 aromatic carbocycles. The normalized spacial score (nSPS) is 9.29. The van der Waals surface area contributed by atoms with Crippen molar-refractivity contribution < 1.29 is 19.4 Å². The molecule has 0 aliphatic carbocycles. The fourth-order valence-corrected chi connectivity index (χ4v) is 1.78. The first kappa shape index (κ1) is 18.8. The van der Waals surface area contributed by atoms with Gasteiger partial charge in [0.1, 0.15) is 11.5 Å². The highest BCUT2D eigenvalue weighted by Gasteiger charge is 2.10. The smallest absolute Gasteiger partial charge is 0.300 e. The maximum atomic E-state index is 9.00. The van der Waals surface area contributed by atoms with Crippen LogP contribution in [0.25, 0.3) is 0 Å². The highest BCUT2D eigenvalue weighted by molar-refractivity contribution is 5.89. The van der Waals surface area contributed by atoms with Crippen LogP contribution >= 0.6 is 0 Å². The number of carbonyl (C=O) groups is 1. The van der Waals surface area contributed by atoms with E-state index < -0.39 is 5.97 Å². The van der Waals surface area contributed by atoms with E-state index in [0.29, 0.717) is 24.0 Å². The second-order valence-corrected chi connectivity index (χ2v) is 4.45. The zero-order valence-electron chi connectivity index (χ0n) is 13.7. The minimum atomic E-state index is -0.833. The maximum Gasteiger partial charge on any atom is 0.300 e. The second kappa shape index (κ2) is 9.72. The molecule has 0 radical (unpaired) electrons. The number of imidazole rings is 1. The van der Waals surface area contributed by atoms with Crippen molar-refractivity contribution in [2.24, 2.45) is 0 Å². The van der Waals surface area contributed by atoms with Gasteiger partial charge in [0.25, 0.3) is 5.97 Å². The van der Waals surface area contributed by atoms with Crippen LogP contribution in [0.4, 0.5) is 5.95 Å². The summed E-state index contributed by atoms with van der Waals surface area (Å²) in [5.74, 6) is 1.23. The van der Waals surface area contributed by atoms with E-state index in [1.165, 1.54) is 0 Å². The third kappa shape index (κ3) is 6.26. The van der Waals surface area contributed by atoms with E-state index in [1.54, 1.807) is 26.6 Å². The lowest BCUT2D eigenvalue weighted by Crippen LogP contribution is -2.29. The number of nitrogens with one attached hydrogen (secondary N) is 4. The summed E-state index contributed by atoms with van der Waals surface area (Å²) in [5, 5.41) is 21.0. The Labute approximate surface area is 139 Å². The fourth-order valence-electron chi connectivity index (χ4n) is 1.78. The van der Waals surface area contributed by atoms with Crippen LogP contribution in [0.2, 0.25) is 0 Å². The van der Waals surface area contributed by atoms with Crippen LogP contribution in [0, 0.1) is 5.41 Å². The Morgan fingerprint density at radius 1 is 1.33 bits per heavy atom. The number of methoxy groups -OCH3 is 2. The van der Waals surface area contributed by atoms with Crippen molar-refractivity contribution in [3.8, 4) is 11.5 Å². The van der Waals surface area contributed by atoms with Crippen molar-refractivity contribution in [2.45, 2.75) is 13.5 Å². The third-order valence-electron chi connectivity index (χ3n) is 2.71. The van der Waals surface area contributed by atoms with Crippen LogP contribution in [0.15, 0.2) is 30.6 Å². The number of carboxylic acids is 1. The van der Waals surface area contributed by atoms with E-state index >= 15 is 0 Å². The summed E-state index contributed by atoms with van der Waals surface area (Å²) >= 11 is 0. The summed E-state index contributed by atoms with van der Waals surface area (Å²) < 4.78 is 10.6. The molecule has 1 heterocycles. The van der Waals surface area contributed by atoms with Gasteiger partial charge in [-0.05, 0) is 12.1 Å². The van der Waals surface area contributed by atoms with Crippen LogP contribution in [0.5, 0.6) is 11.5 Å². The number of hydrogen-bond donors (Lipinski definition) is 5. The van der Waals surface area contributed by atoms with Gasteiger partial charge < -0.3 is 24.9 Å². The van der Waals surface area contributed by atoms with E-state index in [9.17, 15) is 0 Å². The number of ether oxygens (including phenoxy) is 2. The van der Waals surface area contributed by atoms with Crippen LogP contribution in [0.3, 0.4) is 0 Å². The van der Waals surface area contributed by atoms with Crippen molar-refractivity contribution >= 4 is 17.9 Å². The van der Waals surface area contributed by atoms with Gasteiger partial charge in [0.05, 0.1) is 26.3 Å². The molecule has 0 saturated heterocycles. The molecular formula is C15H21N5O4. The Kier molecular flexibility index (Phi) is 7.62. The molecule has 2 rings (SSSR count). The molecule has 9 nitrogen and oxygen atoms in total. The molecular weight excluding hydrogens is 314 g/mol. The Bertz CT molecular complexity index is 632. The monoisotopic (exact) mass is 335 g/mol. The predicted octanol–water partition coefficient (Wildman–Crippen LogP) is 1.65. The first-order valence-electron chi connectivity index (χ1n) is 6.96. The van der Waals surface area contributed by atoms with E-state index in [0.717, 1.165) is 12.5 Å². The van der Waals surface area contributed by atoms with Gasteiger partial charge in [-0.3, -0.25) is 15.5 Å². The number of carboxylic acid groups (broad SMARTS) is 1. The predicted molar refractivity (Wildman–Crippen MR) is 89.6 cm³/mol. The fraction of sp³-hybridized carbons (Fsp3) is 0.267. The number of aliphatic carboxylic acids is 1. The number of aromatic nitrogens is 2. The van der Waals surface area contributed by atoms with Gasteiger partial charge >= 0.3 is 0 Å². The molecule has 5 N–H and O–H groups in total. The van der Waals surface area contributed by atoms with Crippen LogP contribution in [-0.4, -0.2) is 41.2 Å². The molecule has 0 unspecified atom stereocenters. The lowest BCUT2D eigenvalue weighted by Gasteiger charge is -2.14. The molecule has 0 fully saturated rings. The molecule has 9 heteroatoms. The molecule has 0 aliphatic rings. The van der Waals surface area contributed by atoms with Gasteiger partial charge in [-0.25, -0.2) is 4.98 Å². The molecule has 0 aliphatic heterocycles. The van der Waals surface area contributed by atoms with Crippen molar-refractivity contribution in [3.63, 3.8) is 0 Å². The summed E-state index contributed by atoms with van der Waals surface area (Å²) in [7, 11) is 3.20. The number of guanidine groups is 1. The lowest BCUT2D eigenvalue weighted by atomic mass is 10.1. The number of aromatic amines is 1. The van der Waals surface area contributed by atoms with Gasteiger partial charge in [-0.2, -0.15) is 0 Å². The number of rotatable bonds is 5. The summed E-state index contributed by atoms with van der Waals surface area (Å²) in [5.41, 5.74) is 0.850. The molecule has 0 amide bonds. The Morgan fingerprint density at radius 3 is 2.38 bits per heavy atom. The standard InChI is InChI=1S/C13H17N5O2.C2H4O2/c1-19-10-4-3-5-11(20-2)9(10)8-17-12(14)18-13-15-6-7-16-13;1-2(3)4/h3-7H,8H2,1-2H3,(H4,14,15,16,17,18);1H3,(H,3,4). The molecule has 0 saturated carbocycles. The van der Waals surface area contributed by atoms with E-state index in [1.807, 2.05) is 18.2 Å². The molecule has 0 bridgehead atoms. The largest absolute Gasteiger partial charge is 0.496 e. The number of nitrogens with zero attached hydrogens (tertiary/aromatic N) is 1. The zero-order chi connectivity index (χ0) is 17.9.